The number of carbonyl (C=O) groups excluding carboxylic acids is 2. The predicted octanol–water partition coefficient (Wildman–Crippen LogP) is 4.66. The molecule has 0 spiro atoms. The lowest BCUT2D eigenvalue weighted by Crippen LogP contribution is -2.23. The molecule has 1 amide bonds. The summed E-state index contributed by atoms with van der Waals surface area (Å²) < 4.78 is 33.3. The lowest BCUT2D eigenvalue weighted by molar-refractivity contribution is -0.144. The summed E-state index contributed by atoms with van der Waals surface area (Å²) in [5, 5.41) is 12.2. The minimum atomic E-state index is -0.626. The summed E-state index contributed by atoms with van der Waals surface area (Å²) in [6.45, 7) is 2.96. The van der Waals surface area contributed by atoms with Gasteiger partial charge < -0.3 is 10.1 Å². The molecule has 1 N–H and O–H groups in total. The maximum atomic E-state index is 13.8. The van der Waals surface area contributed by atoms with Crippen molar-refractivity contribution in [2.75, 3.05) is 17.7 Å². The summed E-state index contributed by atoms with van der Waals surface area (Å²) >= 11 is 1.28. The van der Waals surface area contributed by atoms with Crippen molar-refractivity contribution < 1.29 is 23.1 Å². The maximum Gasteiger partial charge on any atom is 0.316 e. The molecule has 0 radical (unpaired) electrons. The Bertz CT molecular complexity index is 1220. The first kappa shape index (κ1) is 24.0. The Morgan fingerprint density at radius 2 is 1.85 bits per heavy atom. The highest BCUT2D eigenvalue weighted by molar-refractivity contribution is 7.99. The predicted molar refractivity (Wildman–Crippen MR) is 122 cm³/mol. The van der Waals surface area contributed by atoms with E-state index in [1.807, 2.05) is 0 Å². The molecule has 0 aliphatic carbocycles. The second-order valence-electron chi connectivity index (χ2n) is 7.19. The summed E-state index contributed by atoms with van der Waals surface area (Å²) in [7, 11) is 0. The summed E-state index contributed by atoms with van der Waals surface area (Å²) in [6, 6.07) is 13.8. The molecule has 170 valence electrons. The van der Waals surface area contributed by atoms with Crippen LogP contribution < -0.4 is 5.32 Å². The monoisotopic (exact) mass is 469 g/mol. The van der Waals surface area contributed by atoms with Gasteiger partial charge in [-0.15, -0.1) is 11.8 Å². The number of thioether (sulfide) groups is 1. The van der Waals surface area contributed by atoms with Crippen LogP contribution in [0.5, 0.6) is 0 Å². The molecule has 0 aliphatic heterocycles. The number of rotatable bonds is 8. The van der Waals surface area contributed by atoms with E-state index in [9.17, 15) is 23.6 Å². The molecule has 1 heterocycles. The first-order valence-corrected chi connectivity index (χ1v) is 11.1. The van der Waals surface area contributed by atoms with Gasteiger partial charge >= 0.3 is 5.97 Å². The fourth-order valence-electron chi connectivity index (χ4n) is 3.19. The molecular formula is C24H21F2N3O3S. The summed E-state index contributed by atoms with van der Waals surface area (Å²) in [5.74, 6) is -1.29. The van der Waals surface area contributed by atoms with Crippen molar-refractivity contribution >= 4 is 29.5 Å². The van der Waals surface area contributed by atoms with E-state index in [1.165, 1.54) is 42.1 Å². The number of nitrogens with one attached hydrogen (secondary N) is 1. The van der Waals surface area contributed by atoms with Crippen LogP contribution in [0.25, 0.3) is 5.69 Å². The lowest BCUT2D eigenvalue weighted by atomic mass is 10.2. The van der Waals surface area contributed by atoms with Gasteiger partial charge in [0.25, 0.3) is 5.91 Å². The fourth-order valence-corrected chi connectivity index (χ4v) is 3.97. The zero-order chi connectivity index (χ0) is 24.0. The van der Waals surface area contributed by atoms with E-state index >= 15 is 0 Å². The van der Waals surface area contributed by atoms with Gasteiger partial charge in [-0.3, -0.25) is 14.2 Å². The third-order valence-electron chi connectivity index (χ3n) is 4.92. The van der Waals surface area contributed by atoms with Crippen LogP contribution in [0.15, 0.2) is 48.5 Å². The molecule has 9 heteroatoms. The quantitative estimate of drug-likeness (QED) is 0.485. The number of amides is 1. The average molecular weight is 470 g/mol. The van der Waals surface area contributed by atoms with Crippen LogP contribution in [0.3, 0.4) is 0 Å². The summed E-state index contributed by atoms with van der Waals surface area (Å²) in [6.07, 6.45) is 0. The standard InChI is InChI=1S/C24H21F2N3O3S/c1-15-16(2)29(20-5-3-4-19(26)10-20)24(21(15)11-27)28-22(30)12-32-23(31)14-33-13-17-6-8-18(25)9-7-17/h3-10H,12-14H2,1-2H3,(H,28,30). The second kappa shape index (κ2) is 10.8. The molecule has 0 aliphatic rings. The Hall–Kier alpha value is -3.64. The number of nitrogens with zero attached hydrogens (tertiary/aromatic N) is 2. The number of nitriles is 1. The first-order chi connectivity index (χ1) is 15.8. The van der Waals surface area contributed by atoms with Gasteiger partial charge in [0, 0.05) is 11.4 Å². The molecule has 2 aromatic carbocycles. The normalized spacial score (nSPS) is 10.5. The van der Waals surface area contributed by atoms with Gasteiger partial charge in [-0.05, 0) is 55.3 Å². The third kappa shape index (κ3) is 5.99. The van der Waals surface area contributed by atoms with Crippen molar-refractivity contribution in [2.45, 2.75) is 19.6 Å². The number of halogens is 2. The van der Waals surface area contributed by atoms with E-state index in [0.29, 0.717) is 22.7 Å². The molecule has 3 rings (SSSR count). The van der Waals surface area contributed by atoms with Crippen LogP contribution in [0.4, 0.5) is 14.6 Å². The van der Waals surface area contributed by atoms with Gasteiger partial charge in [0.05, 0.1) is 17.0 Å². The van der Waals surface area contributed by atoms with Crippen LogP contribution in [-0.2, 0) is 20.1 Å². The maximum absolute atomic E-state index is 13.8. The Kier molecular flexibility index (Phi) is 7.85. The van der Waals surface area contributed by atoms with Crippen LogP contribution >= 0.6 is 11.8 Å². The molecular weight excluding hydrogens is 448 g/mol. The van der Waals surface area contributed by atoms with Crippen LogP contribution in [0.2, 0.25) is 0 Å². The highest BCUT2D eigenvalue weighted by atomic mass is 32.2. The molecule has 0 bridgehead atoms. The Labute approximate surface area is 194 Å². The van der Waals surface area contributed by atoms with Crippen molar-refractivity contribution in [3.8, 4) is 11.8 Å². The number of hydrogen-bond acceptors (Lipinski definition) is 5. The number of ether oxygens (including phenoxy) is 1. The highest BCUT2D eigenvalue weighted by Crippen LogP contribution is 2.30. The molecule has 3 aromatic rings. The van der Waals surface area contributed by atoms with Gasteiger partial charge in [0.1, 0.15) is 23.5 Å². The number of benzene rings is 2. The Morgan fingerprint density at radius 1 is 1.12 bits per heavy atom. The van der Waals surface area contributed by atoms with Gasteiger partial charge in [-0.2, -0.15) is 5.26 Å². The molecule has 6 nitrogen and oxygen atoms in total. The van der Waals surface area contributed by atoms with E-state index in [-0.39, 0.29) is 23.0 Å². The number of anilines is 1. The zero-order valence-electron chi connectivity index (χ0n) is 18.0. The fraction of sp³-hybridized carbons (Fsp3) is 0.208. The summed E-state index contributed by atoms with van der Waals surface area (Å²) in [5.41, 5.74) is 2.86. The van der Waals surface area contributed by atoms with E-state index in [0.717, 1.165) is 5.56 Å². The van der Waals surface area contributed by atoms with Crippen molar-refractivity contribution in [1.29, 1.82) is 5.26 Å². The molecule has 0 fully saturated rings. The minimum Gasteiger partial charge on any atom is -0.455 e. The van der Waals surface area contributed by atoms with Gasteiger partial charge in [-0.25, -0.2) is 8.78 Å². The Balaban J connectivity index is 1.62. The van der Waals surface area contributed by atoms with Crippen molar-refractivity contribution in [2.24, 2.45) is 0 Å². The Morgan fingerprint density at radius 3 is 2.52 bits per heavy atom. The zero-order valence-corrected chi connectivity index (χ0v) is 18.8. The second-order valence-corrected chi connectivity index (χ2v) is 8.17. The molecule has 33 heavy (non-hydrogen) atoms. The largest absolute Gasteiger partial charge is 0.455 e. The van der Waals surface area contributed by atoms with Crippen molar-refractivity contribution in [1.82, 2.24) is 4.57 Å². The minimum absolute atomic E-state index is 0.0198. The summed E-state index contributed by atoms with van der Waals surface area (Å²) in [4.78, 5) is 24.4. The number of aromatic nitrogens is 1. The first-order valence-electron chi connectivity index (χ1n) is 9.95. The van der Waals surface area contributed by atoms with Crippen molar-refractivity contribution in [3.63, 3.8) is 0 Å². The number of carbonyl (C=O) groups is 2. The lowest BCUT2D eigenvalue weighted by Gasteiger charge is -2.13. The van der Waals surface area contributed by atoms with Gasteiger partial charge in [-0.1, -0.05) is 18.2 Å². The highest BCUT2D eigenvalue weighted by Gasteiger charge is 2.21. The SMILES string of the molecule is Cc1c(C#N)c(NC(=O)COC(=O)CSCc2ccc(F)cc2)n(-c2cccc(F)c2)c1C. The van der Waals surface area contributed by atoms with Crippen LogP contribution in [0, 0.1) is 36.8 Å². The molecule has 0 atom stereocenters. The molecule has 0 unspecified atom stereocenters. The van der Waals surface area contributed by atoms with Crippen LogP contribution in [-0.4, -0.2) is 28.8 Å². The van der Waals surface area contributed by atoms with Gasteiger partial charge in [0.2, 0.25) is 0 Å². The molecule has 0 saturated heterocycles. The van der Waals surface area contributed by atoms with E-state index in [4.69, 9.17) is 4.74 Å². The van der Waals surface area contributed by atoms with E-state index < -0.39 is 24.3 Å². The molecule has 0 saturated carbocycles. The van der Waals surface area contributed by atoms with Crippen LogP contribution in [0.1, 0.15) is 22.4 Å². The topological polar surface area (TPSA) is 84.1 Å². The number of hydrogen-bond donors (Lipinski definition) is 1. The van der Waals surface area contributed by atoms with E-state index in [1.54, 1.807) is 36.6 Å². The smallest absolute Gasteiger partial charge is 0.316 e. The number of esters is 1. The van der Waals surface area contributed by atoms with E-state index in [2.05, 4.69) is 11.4 Å². The van der Waals surface area contributed by atoms with Crippen molar-refractivity contribution in [3.05, 3.63) is 82.5 Å². The average Bonchev–Trinajstić information content (AvgIpc) is 3.02. The molecule has 1 aromatic heterocycles. The van der Waals surface area contributed by atoms with Gasteiger partial charge in [0.15, 0.2) is 6.61 Å². The third-order valence-corrected chi connectivity index (χ3v) is 5.89.